The second-order valence-electron chi connectivity index (χ2n) is 9.13. The summed E-state index contributed by atoms with van der Waals surface area (Å²) < 4.78 is 10.0. The highest BCUT2D eigenvalue weighted by Crippen LogP contribution is 2.27. The van der Waals surface area contributed by atoms with E-state index in [0.29, 0.717) is 13.0 Å². The van der Waals surface area contributed by atoms with Crippen LogP contribution in [0.5, 0.6) is 0 Å². The minimum absolute atomic E-state index is 0.0474. The second-order valence-corrected chi connectivity index (χ2v) is 9.13. The van der Waals surface area contributed by atoms with Crippen LogP contribution in [0.4, 0.5) is 0 Å². The maximum absolute atomic E-state index is 12.5. The molecule has 10 heteroatoms. The van der Waals surface area contributed by atoms with Crippen molar-refractivity contribution in [1.29, 1.82) is 0 Å². The molecule has 0 aliphatic heterocycles. The van der Waals surface area contributed by atoms with Gasteiger partial charge in [0.1, 0.15) is 12.5 Å². The molecule has 1 aliphatic rings. The summed E-state index contributed by atoms with van der Waals surface area (Å²) in [7, 11) is 1.85. The first-order valence-electron chi connectivity index (χ1n) is 12.0. The third-order valence-corrected chi connectivity index (χ3v) is 6.20. The average Bonchev–Trinajstić information content (AvgIpc) is 3.20. The number of hydrogen-bond donors (Lipinski definition) is 2. The average molecular weight is 524 g/mol. The number of rotatable bonds is 11. The van der Waals surface area contributed by atoms with Crippen LogP contribution in [0.15, 0.2) is 66.4 Å². The molecule has 38 heavy (non-hydrogen) atoms. The Morgan fingerprint density at radius 1 is 0.974 bits per heavy atom. The fourth-order valence-electron chi connectivity index (χ4n) is 4.04. The Balaban J connectivity index is 1.61. The van der Waals surface area contributed by atoms with Crippen molar-refractivity contribution in [2.45, 2.75) is 32.4 Å². The quantitative estimate of drug-likeness (QED) is 0.332. The van der Waals surface area contributed by atoms with Crippen molar-refractivity contribution >= 4 is 29.7 Å². The van der Waals surface area contributed by atoms with Gasteiger partial charge in [-0.1, -0.05) is 37.3 Å². The van der Waals surface area contributed by atoms with Crippen LogP contribution in [0.3, 0.4) is 0 Å². The molecule has 0 heterocycles. The first-order chi connectivity index (χ1) is 18.1. The molecule has 3 rings (SSSR count). The molecule has 0 saturated heterocycles. The van der Waals surface area contributed by atoms with Gasteiger partial charge in [-0.3, -0.25) is 9.59 Å². The number of hydrogen-bond acceptors (Lipinski definition) is 8. The van der Waals surface area contributed by atoms with Crippen LogP contribution in [0.25, 0.3) is 0 Å². The van der Waals surface area contributed by atoms with E-state index in [-0.39, 0.29) is 22.8 Å². The fourth-order valence-corrected chi connectivity index (χ4v) is 4.04. The highest BCUT2D eigenvalue weighted by molar-refractivity contribution is 5.97. The monoisotopic (exact) mass is 523 g/mol. The summed E-state index contributed by atoms with van der Waals surface area (Å²) in [6, 6.07) is 13.9. The molecule has 1 unspecified atom stereocenters. The lowest BCUT2D eigenvalue weighted by molar-refractivity contribution is -0.161. The van der Waals surface area contributed by atoms with Gasteiger partial charge in [-0.05, 0) is 42.2 Å². The number of allylic oxidation sites excluding steroid dienone is 1. The van der Waals surface area contributed by atoms with E-state index in [0.717, 1.165) is 17.6 Å². The SMILES string of the molecule is C[C@H]1CCC(=O)/C1=C/N(C)Cc1ccc(C(=O)OCC(C(=O)O)[C@H](OC(=O)c2ccccc2)C(=O)O)cc1. The zero-order valence-corrected chi connectivity index (χ0v) is 21.0. The molecule has 0 bridgehead atoms. The molecule has 1 saturated carbocycles. The number of carbonyl (C=O) groups excluding carboxylic acids is 3. The first kappa shape index (κ1) is 28.1. The number of ketones is 1. The largest absolute Gasteiger partial charge is 0.481 e. The Kier molecular flexibility index (Phi) is 9.37. The van der Waals surface area contributed by atoms with Gasteiger partial charge in [0, 0.05) is 31.8 Å². The van der Waals surface area contributed by atoms with Gasteiger partial charge in [0.05, 0.1) is 11.1 Å². The molecule has 3 atom stereocenters. The number of nitrogens with zero attached hydrogens (tertiary/aromatic N) is 1. The van der Waals surface area contributed by atoms with E-state index >= 15 is 0 Å². The number of carboxylic acid groups (broad SMARTS) is 2. The van der Waals surface area contributed by atoms with Gasteiger partial charge in [-0.15, -0.1) is 0 Å². The summed E-state index contributed by atoms with van der Waals surface area (Å²) in [6.45, 7) is 1.69. The van der Waals surface area contributed by atoms with E-state index in [4.69, 9.17) is 9.47 Å². The van der Waals surface area contributed by atoms with Crippen LogP contribution >= 0.6 is 0 Å². The molecule has 200 valence electrons. The molecular formula is C28H29NO9. The zero-order chi connectivity index (χ0) is 27.8. The first-order valence-corrected chi connectivity index (χ1v) is 12.0. The summed E-state index contributed by atoms with van der Waals surface area (Å²) in [4.78, 5) is 62.1. The topological polar surface area (TPSA) is 148 Å². The molecule has 0 aromatic heterocycles. The Hall–Kier alpha value is -4.47. The summed E-state index contributed by atoms with van der Waals surface area (Å²) in [5, 5.41) is 19.0. The normalized spacial score (nSPS) is 17.5. The van der Waals surface area contributed by atoms with Crippen molar-refractivity contribution in [3.63, 3.8) is 0 Å². The van der Waals surface area contributed by atoms with Crippen LogP contribution in [-0.2, 0) is 30.4 Å². The number of carboxylic acids is 2. The van der Waals surface area contributed by atoms with Crippen molar-refractivity contribution in [1.82, 2.24) is 4.90 Å². The Morgan fingerprint density at radius 3 is 2.16 bits per heavy atom. The van der Waals surface area contributed by atoms with E-state index in [2.05, 4.69) is 0 Å². The highest BCUT2D eigenvalue weighted by Gasteiger charge is 2.38. The summed E-state index contributed by atoms with van der Waals surface area (Å²) in [5.41, 5.74) is 1.84. The van der Waals surface area contributed by atoms with Gasteiger partial charge < -0.3 is 24.6 Å². The van der Waals surface area contributed by atoms with Gasteiger partial charge in [0.15, 0.2) is 5.78 Å². The van der Waals surface area contributed by atoms with E-state index < -0.39 is 42.5 Å². The Morgan fingerprint density at radius 2 is 1.61 bits per heavy atom. The van der Waals surface area contributed by atoms with Crippen LogP contribution < -0.4 is 0 Å². The highest BCUT2D eigenvalue weighted by atomic mass is 16.6. The minimum atomic E-state index is -2.07. The van der Waals surface area contributed by atoms with Gasteiger partial charge in [0.2, 0.25) is 6.10 Å². The standard InChI is InChI=1S/C28H29NO9/c1-17-8-13-23(30)21(17)15-29(2)14-18-9-11-20(12-10-18)27(35)37-16-22(25(31)32)24(26(33)34)38-28(36)19-6-4-3-5-7-19/h3-7,9-12,15,17,22,24H,8,13-14,16H2,1-2H3,(H,31,32)(H,33,34)/b21-15+/t17-,22?,24-/m0/s1. The van der Waals surface area contributed by atoms with E-state index in [1.54, 1.807) is 30.3 Å². The van der Waals surface area contributed by atoms with Gasteiger partial charge in [0.25, 0.3) is 0 Å². The molecule has 1 fully saturated rings. The fraction of sp³-hybridized carbons (Fsp3) is 0.321. The lowest BCUT2D eigenvalue weighted by Gasteiger charge is -2.20. The molecular weight excluding hydrogens is 494 g/mol. The molecule has 2 N–H and O–H groups in total. The lowest BCUT2D eigenvalue weighted by Crippen LogP contribution is -2.41. The zero-order valence-electron chi connectivity index (χ0n) is 21.0. The smallest absolute Gasteiger partial charge is 0.346 e. The summed E-state index contributed by atoms with van der Waals surface area (Å²) in [5.74, 6) is -6.61. The maximum Gasteiger partial charge on any atom is 0.346 e. The number of esters is 2. The molecule has 10 nitrogen and oxygen atoms in total. The van der Waals surface area contributed by atoms with Crippen molar-refractivity contribution in [3.05, 3.63) is 83.1 Å². The number of benzene rings is 2. The maximum atomic E-state index is 12.5. The van der Waals surface area contributed by atoms with Crippen molar-refractivity contribution in [2.75, 3.05) is 13.7 Å². The number of Topliss-reactive ketones (excluding diaryl/α,β-unsaturated/α-hetero) is 1. The molecule has 1 aliphatic carbocycles. The predicted octanol–water partition coefficient (Wildman–Crippen LogP) is 3.17. The third-order valence-electron chi connectivity index (χ3n) is 6.20. The van der Waals surface area contributed by atoms with Crippen LogP contribution in [0.2, 0.25) is 0 Å². The summed E-state index contributed by atoms with van der Waals surface area (Å²) >= 11 is 0. The Bertz CT molecular complexity index is 1220. The van der Waals surface area contributed by atoms with Crippen LogP contribution in [0.1, 0.15) is 46.0 Å². The molecule has 0 amide bonds. The molecule has 0 radical (unpaired) electrons. The van der Waals surface area contributed by atoms with Crippen LogP contribution in [0, 0.1) is 11.8 Å². The van der Waals surface area contributed by atoms with E-state index in [1.165, 1.54) is 24.3 Å². The minimum Gasteiger partial charge on any atom is -0.481 e. The van der Waals surface area contributed by atoms with Crippen LogP contribution in [-0.4, -0.2) is 64.5 Å². The summed E-state index contributed by atoms with van der Waals surface area (Å²) in [6.07, 6.45) is 1.18. The number of carbonyl (C=O) groups is 5. The van der Waals surface area contributed by atoms with Gasteiger partial charge in [-0.25, -0.2) is 14.4 Å². The van der Waals surface area contributed by atoms with E-state index in [9.17, 15) is 34.2 Å². The number of aliphatic carboxylic acids is 2. The lowest BCUT2D eigenvalue weighted by atomic mass is 10.0. The molecule has 2 aromatic carbocycles. The van der Waals surface area contributed by atoms with Crippen molar-refractivity contribution < 1.29 is 43.7 Å². The number of ether oxygens (including phenoxy) is 2. The predicted molar refractivity (Wildman–Crippen MR) is 134 cm³/mol. The Labute approximate surface area is 219 Å². The second kappa shape index (κ2) is 12.7. The van der Waals surface area contributed by atoms with Gasteiger partial charge >= 0.3 is 23.9 Å². The van der Waals surface area contributed by atoms with E-state index in [1.807, 2.05) is 25.1 Å². The molecule has 0 spiro atoms. The third kappa shape index (κ3) is 7.28. The van der Waals surface area contributed by atoms with Gasteiger partial charge in [-0.2, -0.15) is 0 Å². The van der Waals surface area contributed by atoms with Crippen molar-refractivity contribution in [2.24, 2.45) is 11.8 Å². The van der Waals surface area contributed by atoms with Crippen molar-refractivity contribution in [3.8, 4) is 0 Å². The molecule has 2 aromatic rings.